The van der Waals surface area contributed by atoms with Gasteiger partial charge in [-0.2, -0.15) is 0 Å². The molecule has 7 N–H and O–H groups in total. The van der Waals surface area contributed by atoms with Crippen molar-refractivity contribution in [3.8, 4) is 0 Å². The number of hydrogen-bond acceptors (Lipinski definition) is 9. The molecule has 318 valence electrons. The number of ether oxygens (including phenoxy) is 2. The van der Waals surface area contributed by atoms with E-state index in [4.69, 9.17) is 9.47 Å². The van der Waals surface area contributed by atoms with Gasteiger partial charge in [-0.05, 0) is 44.9 Å². The van der Waals surface area contributed by atoms with Crippen molar-refractivity contribution >= 4 is 5.91 Å². The lowest BCUT2D eigenvalue weighted by atomic mass is 9.99. The normalized spacial score (nSPS) is 22.3. The quantitative estimate of drug-likeness (QED) is 0.0250. The highest BCUT2D eigenvalue weighted by Crippen LogP contribution is 2.22. The molecule has 1 rings (SSSR count). The molecular formula is C44H83NO9. The number of allylic oxidation sites excluding steroid dienone is 3. The van der Waals surface area contributed by atoms with Crippen LogP contribution in [0.2, 0.25) is 0 Å². The average molecular weight is 770 g/mol. The van der Waals surface area contributed by atoms with E-state index >= 15 is 0 Å². The number of carbonyl (C=O) groups is 1. The molecule has 0 aromatic carbocycles. The topological polar surface area (TPSA) is 169 Å². The van der Waals surface area contributed by atoms with Gasteiger partial charge in [0.2, 0.25) is 5.91 Å². The minimum absolute atomic E-state index is 0.307. The van der Waals surface area contributed by atoms with E-state index < -0.39 is 61.5 Å². The van der Waals surface area contributed by atoms with Crippen LogP contribution >= 0.6 is 0 Å². The zero-order valence-electron chi connectivity index (χ0n) is 34.3. The molecule has 1 aliphatic heterocycles. The first-order chi connectivity index (χ1) is 26.3. The molecule has 0 aliphatic carbocycles. The van der Waals surface area contributed by atoms with Crippen LogP contribution in [0.25, 0.3) is 0 Å². The number of rotatable bonds is 36. The van der Waals surface area contributed by atoms with Crippen molar-refractivity contribution < 1.29 is 44.9 Å². The summed E-state index contributed by atoms with van der Waals surface area (Å²) >= 11 is 0. The molecular weight excluding hydrogens is 686 g/mol. The molecule has 0 aromatic rings. The standard InChI is InChI=1S/C44H83NO9/c1-3-5-7-9-11-13-15-17-18-19-20-21-23-24-26-28-30-32-37(47)36(35-53-44-42(51)41(50)40(49)39(34-46)54-44)45-43(52)38(48)33-31-29-27-25-22-16-14-12-10-8-6-4-2/h17-18,30,32,36-42,44,46-51H,3-16,19-29,31,33-35H2,1-2H3,(H,45,52)/b18-17-,32-30+/t36-,37+,38+,39+,40+,41-,42+,44+/m0/s1. The van der Waals surface area contributed by atoms with Crippen LogP contribution in [-0.2, 0) is 14.3 Å². The van der Waals surface area contributed by atoms with Gasteiger partial charge in [0.1, 0.15) is 30.5 Å². The number of aliphatic hydroxyl groups excluding tert-OH is 6. The first-order valence-electron chi connectivity index (χ1n) is 22.2. The van der Waals surface area contributed by atoms with Crippen LogP contribution in [0.3, 0.4) is 0 Å². The Bertz CT molecular complexity index is 916. The molecule has 0 saturated carbocycles. The van der Waals surface area contributed by atoms with E-state index in [1.165, 1.54) is 109 Å². The zero-order valence-corrected chi connectivity index (χ0v) is 34.3. The van der Waals surface area contributed by atoms with Crippen molar-refractivity contribution in [3.05, 3.63) is 24.3 Å². The van der Waals surface area contributed by atoms with Crippen LogP contribution in [0.4, 0.5) is 0 Å². The van der Waals surface area contributed by atoms with E-state index in [2.05, 4.69) is 31.3 Å². The predicted octanol–water partition coefficient (Wildman–Crippen LogP) is 7.69. The van der Waals surface area contributed by atoms with Gasteiger partial charge < -0.3 is 45.4 Å². The average Bonchev–Trinajstić information content (AvgIpc) is 3.17. The largest absolute Gasteiger partial charge is 0.394 e. The van der Waals surface area contributed by atoms with E-state index in [1.807, 2.05) is 6.08 Å². The van der Waals surface area contributed by atoms with Gasteiger partial charge in [-0.1, -0.05) is 167 Å². The van der Waals surface area contributed by atoms with Crippen molar-refractivity contribution in [1.82, 2.24) is 5.32 Å². The minimum Gasteiger partial charge on any atom is -0.394 e. The maximum absolute atomic E-state index is 13.0. The SMILES string of the molecule is CCCCCCCC/C=C\CCCCCCC/C=C/[C@@H](O)[C@H](CO[C@@H]1O[C@H](CO)[C@@H](O)[C@H](O)[C@H]1O)NC(=O)[C@H](O)CCCCCCCCCCCCCC. The Balaban J connectivity index is 2.46. The molecule has 1 fully saturated rings. The molecule has 1 amide bonds. The van der Waals surface area contributed by atoms with Crippen molar-refractivity contribution in [3.63, 3.8) is 0 Å². The van der Waals surface area contributed by atoms with Gasteiger partial charge in [0, 0.05) is 0 Å². The van der Waals surface area contributed by atoms with Gasteiger partial charge in [-0.3, -0.25) is 4.79 Å². The highest BCUT2D eigenvalue weighted by atomic mass is 16.7. The van der Waals surface area contributed by atoms with E-state index in [1.54, 1.807) is 6.08 Å². The lowest BCUT2D eigenvalue weighted by molar-refractivity contribution is -0.302. The Labute approximate surface area is 329 Å². The molecule has 0 radical (unpaired) electrons. The second kappa shape index (κ2) is 34.8. The third-order valence-electron chi connectivity index (χ3n) is 10.6. The molecule has 1 saturated heterocycles. The van der Waals surface area contributed by atoms with Gasteiger partial charge in [0.25, 0.3) is 0 Å². The first-order valence-corrected chi connectivity index (χ1v) is 22.2. The number of unbranched alkanes of at least 4 members (excludes halogenated alkanes) is 23. The second-order valence-electron chi connectivity index (χ2n) is 15.6. The Morgan fingerprint density at radius 3 is 1.56 bits per heavy atom. The summed E-state index contributed by atoms with van der Waals surface area (Å²) in [6, 6.07) is -0.980. The molecule has 8 atom stereocenters. The van der Waals surface area contributed by atoms with Gasteiger partial charge in [0.05, 0.1) is 25.4 Å². The molecule has 10 heteroatoms. The fraction of sp³-hybridized carbons (Fsp3) is 0.886. The lowest BCUT2D eigenvalue weighted by Crippen LogP contribution is -2.60. The van der Waals surface area contributed by atoms with E-state index in [-0.39, 0.29) is 6.61 Å². The van der Waals surface area contributed by atoms with Crippen molar-refractivity contribution in [2.75, 3.05) is 13.2 Å². The summed E-state index contributed by atoms with van der Waals surface area (Å²) in [4.78, 5) is 13.0. The third-order valence-corrected chi connectivity index (χ3v) is 10.6. The summed E-state index contributed by atoms with van der Waals surface area (Å²) in [7, 11) is 0. The summed E-state index contributed by atoms with van der Waals surface area (Å²) in [5.74, 6) is -0.620. The number of hydrogen-bond donors (Lipinski definition) is 7. The highest BCUT2D eigenvalue weighted by molar-refractivity contribution is 5.80. The van der Waals surface area contributed by atoms with E-state index in [9.17, 15) is 35.4 Å². The van der Waals surface area contributed by atoms with E-state index in [0.29, 0.717) is 6.42 Å². The zero-order chi connectivity index (χ0) is 39.7. The monoisotopic (exact) mass is 770 g/mol. The first kappa shape index (κ1) is 50.6. The van der Waals surface area contributed by atoms with Gasteiger partial charge in [-0.25, -0.2) is 0 Å². The Morgan fingerprint density at radius 2 is 1.07 bits per heavy atom. The Morgan fingerprint density at radius 1 is 0.630 bits per heavy atom. The molecule has 0 bridgehead atoms. The molecule has 1 aliphatic rings. The lowest BCUT2D eigenvalue weighted by Gasteiger charge is -2.40. The predicted molar refractivity (Wildman–Crippen MR) is 218 cm³/mol. The summed E-state index contributed by atoms with van der Waals surface area (Å²) < 4.78 is 11.1. The highest BCUT2D eigenvalue weighted by Gasteiger charge is 2.44. The number of aliphatic hydroxyl groups is 6. The maximum atomic E-state index is 13.0. The van der Waals surface area contributed by atoms with Crippen LogP contribution in [-0.4, -0.2) is 98.7 Å². The van der Waals surface area contributed by atoms with Crippen molar-refractivity contribution in [2.45, 2.75) is 236 Å². The van der Waals surface area contributed by atoms with Crippen LogP contribution in [0.5, 0.6) is 0 Å². The van der Waals surface area contributed by atoms with Crippen LogP contribution in [0.1, 0.15) is 187 Å². The van der Waals surface area contributed by atoms with Gasteiger partial charge in [0.15, 0.2) is 6.29 Å². The number of carbonyl (C=O) groups excluding carboxylic acids is 1. The minimum atomic E-state index is -1.61. The third kappa shape index (κ3) is 25.0. The van der Waals surface area contributed by atoms with Gasteiger partial charge >= 0.3 is 0 Å². The summed E-state index contributed by atoms with van der Waals surface area (Å²) in [6.45, 7) is 3.58. The summed E-state index contributed by atoms with van der Waals surface area (Å²) in [5.41, 5.74) is 0. The molecule has 0 aromatic heterocycles. The van der Waals surface area contributed by atoms with E-state index in [0.717, 1.165) is 57.8 Å². The molecule has 10 nitrogen and oxygen atoms in total. The van der Waals surface area contributed by atoms with Crippen molar-refractivity contribution in [2.24, 2.45) is 0 Å². The van der Waals surface area contributed by atoms with Crippen LogP contribution in [0, 0.1) is 0 Å². The number of amides is 1. The second-order valence-corrected chi connectivity index (χ2v) is 15.6. The van der Waals surface area contributed by atoms with Gasteiger partial charge in [-0.15, -0.1) is 0 Å². The van der Waals surface area contributed by atoms with Crippen molar-refractivity contribution in [1.29, 1.82) is 0 Å². The number of nitrogens with one attached hydrogen (secondary N) is 1. The fourth-order valence-corrected chi connectivity index (χ4v) is 6.92. The molecule has 0 spiro atoms. The molecule has 54 heavy (non-hydrogen) atoms. The molecule has 0 unspecified atom stereocenters. The Hall–Kier alpha value is -1.37. The molecule has 1 heterocycles. The van der Waals surface area contributed by atoms with Crippen LogP contribution in [0.15, 0.2) is 24.3 Å². The van der Waals surface area contributed by atoms with Crippen LogP contribution < -0.4 is 5.32 Å². The Kier molecular flexibility index (Phi) is 32.7. The smallest absolute Gasteiger partial charge is 0.249 e. The summed E-state index contributed by atoms with van der Waals surface area (Å²) in [6.07, 6.45) is 29.7. The fourth-order valence-electron chi connectivity index (χ4n) is 6.92. The maximum Gasteiger partial charge on any atom is 0.249 e. The summed E-state index contributed by atoms with van der Waals surface area (Å²) in [5, 5.41) is 64.5.